The van der Waals surface area contributed by atoms with E-state index < -0.39 is 34.9 Å². The molecule has 3 aromatic rings. The first-order valence-electron chi connectivity index (χ1n) is 7.59. The van der Waals surface area contributed by atoms with Crippen LogP contribution in [0.3, 0.4) is 0 Å². The number of nitrogens with one attached hydrogen (secondary N) is 1. The van der Waals surface area contributed by atoms with E-state index in [4.69, 9.17) is 9.52 Å². The van der Waals surface area contributed by atoms with Gasteiger partial charge in [0.25, 0.3) is 0 Å². The molecule has 0 fully saturated rings. The van der Waals surface area contributed by atoms with Gasteiger partial charge in [0.15, 0.2) is 5.58 Å². The number of benzene rings is 1. The maximum atomic E-state index is 12.8. The van der Waals surface area contributed by atoms with Gasteiger partial charge in [-0.15, -0.1) is 11.3 Å². The van der Waals surface area contributed by atoms with E-state index in [1.807, 2.05) is 0 Å². The van der Waals surface area contributed by atoms with Gasteiger partial charge in [-0.2, -0.15) is 13.2 Å². The van der Waals surface area contributed by atoms with E-state index in [0.29, 0.717) is 9.70 Å². The summed E-state index contributed by atoms with van der Waals surface area (Å²) >= 11 is 0.981. The molecule has 2 aromatic heterocycles. The van der Waals surface area contributed by atoms with Crippen molar-refractivity contribution < 1.29 is 32.3 Å². The lowest BCUT2D eigenvalue weighted by Gasteiger charge is -2.16. The number of alkyl halides is 3. The van der Waals surface area contributed by atoms with E-state index in [-0.39, 0.29) is 11.3 Å². The quantitative estimate of drug-likeness (QED) is 0.670. The van der Waals surface area contributed by atoms with Crippen LogP contribution in [0.4, 0.5) is 28.7 Å². The molecule has 1 aromatic carbocycles. The lowest BCUT2D eigenvalue weighted by molar-refractivity contribution is -0.137. The lowest BCUT2D eigenvalue weighted by Crippen LogP contribution is -2.30. The van der Waals surface area contributed by atoms with Crippen molar-refractivity contribution in [2.24, 2.45) is 0 Å². The number of carboxylic acids is 1. The molecule has 0 radical (unpaired) electrons. The van der Waals surface area contributed by atoms with Gasteiger partial charge in [0, 0.05) is 18.8 Å². The average molecular weight is 412 g/mol. The molecule has 0 aliphatic carbocycles. The van der Waals surface area contributed by atoms with Crippen molar-refractivity contribution in [3.05, 3.63) is 57.9 Å². The predicted octanol–water partition coefficient (Wildman–Crippen LogP) is 4.24. The Morgan fingerprint density at radius 3 is 2.57 bits per heavy atom. The zero-order valence-electron chi connectivity index (χ0n) is 14.0. The molecule has 2 amide bonds. The summed E-state index contributed by atoms with van der Waals surface area (Å²) in [5.74, 6) is -1.44. The van der Waals surface area contributed by atoms with Gasteiger partial charge >= 0.3 is 23.8 Å². The van der Waals surface area contributed by atoms with Crippen LogP contribution in [-0.2, 0) is 6.18 Å². The van der Waals surface area contributed by atoms with Crippen molar-refractivity contribution >= 4 is 44.3 Å². The highest BCUT2D eigenvalue weighted by Gasteiger charge is 2.30. The Bertz CT molecular complexity index is 1140. The molecule has 0 atom stereocenters. The first kappa shape index (κ1) is 19.4. The fraction of sp³-hybridized carbons (Fsp3) is 0.118. The topological polar surface area (TPSA) is 99.9 Å². The second-order valence-electron chi connectivity index (χ2n) is 5.63. The minimum atomic E-state index is -4.54. The summed E-state index contributed by atoms with van der Waals surface area (Å²) in [6, 6.07) is 5.92. The molecule has 11 heteroatoms. The van der Waals surface area contributed by atoms with E-state index in [2.05, 4.69) is 5.32 Å². The van der Waals surface area contributed by atoms with Crippen molar-refractivity contribution in [2.75, 3.05) is 17.3 Å². The van der Waals surface area contributed by atoms with Crippen molar-refractivity contribution in [3.8, 4) is 0 Å². The lowest BCUT2D eigenvalue weighted by atomic mass is 10.2. The third kappa shape index (κ3) is 3.83. The Kier molecular flexibility index (Phi) is 4.86. The molecule has 0 saturated heterocycles. The summed E-state index contributed by atoms with van der Waals surface area (Å²) in [7, 11) is 1.36. The number of fused-ring (bicyclic) bond motifs is 1. The monoisotopic (exact) mass is 412 g/mol. The molecule has 2 heterocycles. The average Bonchev–Trinajstić information content (AvgIpc) is 3.02. The van der Waals surface area contributed by atoms with Crippen LogP contribution in [-0.4, -0.2) is 24.2 Å². The van der Waals surface area contributed by atoms with Gasteiger partial charge in [-0.05, 0) is 24.3 Å². The third-order valence-corrected chi connectivity index (χ3v) is 4.86. The Labute approximate surface area is 158 Å². The SMILES string of the molecule is CN(C(=O)Nc1cccc(C(F)(F)F)c1)c1cc2oc(=O)c(C(=O)O)cc2s1. The van der Waals surface area contributed by atoms with Crippen molar-refractivity contribution in [1.82, 2.24) is 0 Å². The predicted molar refractivity (Wildman–Crippen MR) is 96.2 cm³/mol. The summed E-state index contributed by atoms with van der Waals surface area (Å²) in [6.07, 6.45) is -4.54. The number of carboxylic acid groups (broad SMARTS) is 1. The maximum Gasteiger partial charge on any atom is 0.416 e. The van der Waals surface area contributed by atoms with Crippen LogP contribution in [0.25, 0.3) is 10.3 Å². The largest absolute Gasteiger partial charge is 0.477 e. The molecular formula is C17H11F3N2O5S. The second-order valence-corrected chi connectivity index (χ2v) is 6.70. The highest BCUT2D eigenvalue weighted by atomic mass is 32.1. The smallest absolute Gasteiger partial charge is 0.416 e. The van der Waals surface area contributed by atoms with Gasteiger partial charge in [0.2, 0.25) is 0 Å². The molecule has 0 saturated carbocycles. The summed E-state index contributed by atoms with van der Waals surface area (Å²) in [5.41, 5.74) is -2.43. The number of carbonyl (C=O) groups is 2. The van der Waals surface area contributed by atoms with Crippen molar-refractivity contribution in [2.45, 2.75) is 6.18 Å². The van der Waals surface area contributed by atoms with Crippen LogP contribution >= 0.6 is 11.3 Å². The van der Waals surface area contributed by atoms with E-state index in [0.717, 1.165) is 34.4 Å². The van der Waals surface area contributed by atoms with E-state index in [1.54, 1.807) is 0 Å². The number of aromatic carboxylic acids is 1. The Balaban J connectivity index is 1.85. The van der Waals surface area contributed by atoms with Gasteiger partial charge in [-0.25, -0.2) is 14.4 Å². The Morgan fingerprint density at radius 1 is 1.21 bits per heavy atom. The molecular weight excluding hydrogens is 401 g/mol. The molecule has 3 rings (SSSR count). The van der Waals surface area contributed by atoms with Crippen molar-refractivity contribution in [3.63, 3.8) is 0 Å². The van der Waals surface area contributed by atoms with Gasteiger partial charge < -0.3 is 14.8 Å². The summed E-state index contributed by atoms with van der Waals surface area (Å²) < 4.78 is 43.6. The van der Waals surface area contributed by atoms with Gasteiger partial charge in [-0.3, -0.25) is 4.90 Å². The first-order valence-corrected chi connectivity index (χ1v) is 8.41. The van der Waals surface area contributed by atoms with Crippen LogP contribution in [0.2, 0.25) is 0 Å². The van der Waals surface area contributed by atoms with Gasteiger partial charge in [0.05, 0.1) is 10.3 Å². The molecule has 28 heavy (non-hydrogen) atoms. The molecule has 2 N–H and O–H groups in total. The maximum absolute atomic E-state index is 12.8. The van der Waals surface area contributed by atoms with Gasteiger partial charge in [-0.1, -0.05) is 6.07 Å². The zero-order chi connectivity index (χ0) is 20.6. The van der Waals surface area contributed by atoms with Crippen LogP contribution in [0.15, 0.2) is 45.6 Å². The number of anilines is 2. The van der Waals surface area contributed by atoms with E-state index >= 15 is 0 Å². The number of hydrogen-bond donors (Lipinski definition) is 2. The van der Waals surface area contributed by atoms with Crippen LogP contribution in [0.1, 0.15) is 15.9 Å². The van der Waals surface area contributed by atoms with Gasteiger partial charge in [0.1, 0.15) is 10.6 Å². The molecule has 0 bridgehead atoms. The first-order chi connectivity index (χ1) is 13.1. The highest BCUT2D eigenvalue weighted by molar-refractivity contribution is 7.22. The Morgan fingerprint density at radius 2 is 1.93 bits per heavy atom. The summed E-state index contributed by atoms with van der Waals surface area (Å²) in [6.45, 7) is 0. The number of rotatable bonds is 3. The molecule has 0 aliphatic heterocycles. The molecule has 0 unspecified atom stereocenters. The standard InChI is InChI=1S/C17H11F3N2O5S/c1-22(16(26)21-9-4-2-3-8(5-9)17(18,19)20)13-7-11-12(28-13)6-10(14(23)24)15(25)27-11/h2-7H,1H3,(H,21,26)(H,23,24). The summed E-state index contributed by atoms with van der Waals surface area (Å²) in [4.78, 5) is 36.1. The van der Waals surface area contributed by atoms with Crippen LogP contribution < -0.4 is 15.8 Å². The normalized spacial score (nSPS) is 11.4. The second kappa shape index (κ2) is 7.00. The highest BCUT2D eigenvalue weighted by Crippen LogP contribution is 2.33. The zero-order valence-corrected chi connectivity index (χ0v) is 14.9. The fourth-order valence-electron chi connectivity index (χ4n) is 2.30. The number of hydrogen-bond acceptors (Lipinski definition) is 5. The number of carbonyl (C=O) groups excluding carboxylic acids is 1. The molecule has 146 valence electrons. The third-order valence-electron chi connectivity index (χ3n) is 3.72. The van der Waals surface area contributed by atoms with Crippen LogP contribution in [0, 0.1) is 0 Å². The minimum absolute atomic E-state index is 0.0486. The van der Waals surface area contributed by atoms with Crippen molar-refractivity contribution in [1.29, 1.82) is 0 Å². The number of nitrogens with zero attached hydrogens (tertiary/aromatic N) is 1. The minimum Gasteiger partial charge on any atom is -0.477 e. The number of thiophene rings is 1. The number of halogens is 3. The summed E-state index contributed by atoms with van der Waals surface area (Å²) in [5, 5.41) is 11.6. The van der Waals surface area contributed by atoms with E-state index in [9.17, 15) is 27.6 Å². The molecule has 0 aliphatic rings. The number of amides is 2. The fourth-order valence-corrected chi connectivity index (χ4v) is 3.29. The molecule has 0 spiro atoms. The van der Waals surface area contributed by atoms with E-state index in [1.165, 1.54) is 25.2 Å². The molecule has 7 nitrogen and oxygen atoms in total. The Hall–Kier alpha value is -3.34. The number of urea groups is 1. The van der Waals surface area contributed by atoms with Crippen LogP contribution in [0.5, 0.6) is 0 Å².